The number of fused-ring (bicyclic) bond motifs is 4. The largest absolute Gasteiger partial charge is 0.288 e. The van der Waals surface area contributed by atoms with E-state index in [0.29, 0.717) is 22.6 Å². The van der Waals surface area contributed by atoms with Gasteiger partial charge in [-0.25, -0.2) is 9.97 Å². The fraction of sp³-hybridized carbons (Fsp3) is 0. The number of hydrogen-bond acceptors (Lipinski definition) is 6. The van der Waals surface area contributed by atoms with Gasteiger partial charge in [0.15, 0.2) is 22.0 Å². The Balaban J connectivity index is 1.29. The maximum Gasteiger partial charge on any atom is 0.197 e. The molecule has 184 valence electrons. The van der Waals surface area contributed by atoms with Gasteiger partial charge in [0, 0.05) is 21.5 Å². The molecule has 0 atom stereocenters. The summed E-state index contributed by atoms with van der Waals surface area (Å²) in [5.74, 6) is -0.0387. The third-order valence-electron chi connectivity index (χ3n) is 7.04. The molecule has 0 aliphatic heterocycles. The minimum atomic E-state index is -0.273. The van der Waals surface area contributed by atoms with Gasteiger partial charge in [0.2, 0.25) is 0 Å². The van der Waals surface area contributed by atoms with Crippen LogP contribution in [0.25, 0.3) is 53.0 Å². The van der Waals surface area contributed by atoms with Crippen molar-refractivity contribution in [3.8, 4) is 15.6 Å². The Labute approximate surface area is 230 Å². The first-order valence-electron chi connectivity index (χ1n) is 12.4. The zero-order valence-electron chi connectivity index (χ0n) is 20.3. The highest BCUT2D eigenvalue weighted by Gasteiger charge is 2.34. The number of imidazole rings is 1. The van der Waals surface area contributed by atoms with Crippen molar-refractivity contribution in [3.05, 3.63) is 120 Å². The summed E-state index contributed by atoms with van der Waals surface area (Å²) in [5.41, 5.74) is 2.57. The quantitative estimate of drug-likeness (QED) is 0.169. The van der Waals surface area contributed by atoms with Crippen LogP contribution in [0.4, 0.5) is 0 Å². The molecule has 39 heavy (non-hydrogen) atoms. The molecule has 0 radical (unpaired) electrons. The minimum Gasteiger partial charge on any atom is -0.288 e. The van der Waals surface area contributed by atoms with Crippen LogP contribution < -0.4 is 0 Å². The average molecular weight is 540 g/mol. The zero-order valence-corrected chi connectivity index (χ0v) is 21.9. The normalized spacial score (nSPS) is 13.2. The number of allylic oxidation sites excluding steroid dienone is 1. The van der Waals surface area contributed by atoms with Gasteiger partial charge in [0.25, 0.3) is 0 Å². The highest BCUT2D eigenvalue weighted by Crippen LogP contribution is 2.39. The summed E-state index contributed by atoms with van der Waals surface area (Å²) in [5, 5.41) is 3.95. The van der Waals surface area contributed by atoms with Crippen LogP contribution in [0, 0.1) is 0 Å². The molecule has 0 amide bonds. The van der Waals surface area contributed by atoms with Crippen LogP contribution in [0.15, 0.2) is 103 Å². The van der Waals surface area contributed by atoms with Crippen LogP contribution in [-0.2, 0) is 0 Å². The van der Waals surface area contributed by atoms with E-state index < -0.39 is 0 Å². The van der Waals surface area contributed by atoms with Crippen LogP contribution >= 0.6 is 22.7 Å². The van der Waals surface area contributed by atoms with Gasteiger partial charge in [-0.15, -0.1) is 11.3 Å². The van der Waals surface area contributed by atoms with E-state index in [1.54, 1.807) is 17.4 Å². The van der Waals surface area contributed by atoms with Crippen LogP contribution in [-0.4, -0.2) is 26.1 Å². The van der Waals surface area contributed by atoms with E-state index in [9.17, 15) is 9.59 Å². The van der Waals surface area contributed by atoms with Crippen molar-refractivity contribution in [1.29, 1.82) is 0 Å². The van der Waals surface area contributed by atoms with E-state index in [2.05, 4.69) is 18.2 Å². The number of carbonyl (C=O) groups excluding carboxylic acids is 2. The molecular weight excluding hydrogens is 523 g/mol. The van der Waals surface area contributed by atoms with Crippen molar-refractivity contribution in [3.63, 3.8) is 0 Å². The lowest BCUT2D eigenvalue weighted by molar-refractivity contribution is 0.0990. The Kier molecular flexibility index (Phi) is 4.79. The second-order valence-electron chi connectivity index (χ2n) is 9.40. The van der Waals surface area contributed by atoms with E-state index in [4.69, 9.17) is 9.97 Å². The predicted molar refractivity (Wildman–Crippen MR) is 158 cm³/mol. The topological polar surface area (TPSA) is 64.8 Å². The monoisotopic (exact) mass is 539 g/mol. The fourth-order valence-electron chi connectivity index (χ4n) is 5.18. The molecule has 7 aromatic rings. The van der Waals surface area contributed by atoms with E-state index >= 15 is 0 Å². The molecule has 0 N–H and O–H groups in total. The number of aromatic nitrogens is 3. The zero-order chi connectivity index (χ0) is 26.1. The Morgan fingerprint density at radius 1 is 0.667 bits per heavy atom. The summed E-state index contributed by atoms with van der Waals surface area (Å²) in [4.78, 5) is 38.6. The number of thiophene rings is 1. The summed E-state index contributed by atoms with van der Waals surface area (Å²) in [6, 6.07) is 31.6. The second kappa shape index (κ2) is 8.39. The number of carbonyl (C=O) groups is 2. The minimum absolute atomic E-state index is 0.125. The highest BCUT2D eigenvalue weighted by atomic mass is 32.1. The molecule has 1 aliphatic rings. The summed E-state index contributed by atoms with van der Waals surface area (Å²) >= 11 is 3.22. The standard InChI is InChI=1S/C32H17N3O2S2/c36-28-22-14-18-8-4-5-9-19(18)15-23(22)29(37)24(28)17-27-33-32-30(35(27)21-11-2-1-3-12-21)34-31(39-32)26-16-20-10-6-7-13-25(20)38-26/h1-17H. The Morgan fingerprint density at radius 2 is 1.31 bits per heavy atom. The molecule has 3 aromatic heterocycles. The number of Topliss-reactive ketones (excluding diaryl/α,β-unsaturated/α-hetero) is 2. The predicted octanol–water partition coefficient (Wildman–Crippen LogP) is 7.98. The van der Waals surface area contributed by atoms with Gasteiger partial charge in [-0.2, -0.15) is 0 Å². The SMILES string of the molecule is O=C1C(=Cc2nc3sc(-c4cc5ccccc5s4)nc3n2-c2ccccc2)C(=O)c2cc3ccccc3cc21. The van der Waals surface area contributed by atoms with Crippen molar-refractivity contribution in [2.24, 2.45) is 0 Å². The highest BCUT2D eigenvalue weighted by molar-refractivity contribution is 7.27. The maximum absolute atomic E-state index is 13.4. The summed E-state index contributed by atoms with van der Waals surface area (Å²) in [6.07, 6.45) is 1.62. The van der Waals surface area contributed by atoms with Crippen molar-refractivity contribution in [2.45, 2.75) is 0 Å². The molecule has 0 saturated heterocycles. The molecule has 0 bridgehead atoms. The fourth-order valence-corrected chi connectivity index (χ4v) is 7.22. The summed E-state index contributed by atoms with van der Waals surface area (Å²) in [6.45, 7) is 0. The number of ketones is 2. The summed E-state index contributed by atoms with van der Waals surface area (Å²) in [7, 11) is 0. The second-order valence-corrected chi connectivity index (χ2v) is 11.5. The van der Waals surface area contributed by atoms with Gasteiger partial charge >= 0.3 is 0 Å². The number of nitrogens with zero attached hydrogens (tertiary/aromatic N) is 3. The Morgan fingerprint density at radius 3 is 2.00 bits per heavy atom. The van der Waals surface area contributed by atoms with Gasteiger partial charge in [0.1, 0.15) is 10.8 Å². The van der Waals surface area contributed by atoms with Crippen molar-refractivity contribution in [1.82, 2.24) is 14.5 Å². The van der Waals surface area contributed by atoms with Gasteiger partial charge < -0.3 is 0 Å². The van der Waals surface area contributed by atoms with E-state index in [1.165, 1.54) is 21.4 Å². The molecule has 1 aliphatic carbocycles. The third-order valence-corrected chi connectivity index (χ3v) is 9.26. The lowest BCUT2D eigenvalue weighted by Gasteiger charge is -2.06. The first-order valence-corrected chi connectivity index (χ1v) is 14.0. The molecule has 4 aromatic carbocycles. The first kappa shape index (κ1) is 22.3. The maximum atomic E-state index is 13.4. The Hall–Kier alpha value is -4.72. The third kappa shape index (κ3) is 3.44. The molecule has 0 saturated carbocycles. The van der Waals surface area contributed by atoms with E-state index in [-0.39, 0.29) is 17.1 Å². The number of thiazole rings is 1. The molecule has 0 spiro atoms. The first-order chi connectivity index (χ1) is 19.1. The van der Waals surface area contributed by atoms with Crippen LogP contribution in [0.3, 0.4) is 0 Å². The molecular formula is C32H17N3O2S2. The van der Waals surface area contributed by atoms with Crippen molar-refractivity contribution < 1.29 is 9.59 Å². The molecule has 0 unspecified atom stereocenters. The summed E-state index contributed by atoms with van der Waals surface area (Å²) < 4.78 is 3.14. The van der Waals surface area contributed by atoms with Gasteiger partial charge in [-0.05, 0) is 58.6 Å². The molecule has 8 rings (SSSR count). The lowest BCUT2D eigenvalue weighted by atomic mass is 10.0. The number of hydrogen-bond donors (Lipinski definition) is 0. The van der Waals surface area contributed by atoms with Crippen LogP contribution in [0.1, 0.15) is 26.5 Å². The number of benzene rings is 4. The van der Waals surface area contributed by atoms with E-state index in [0.717, 1.165) is 31.2 Å². The van der Waals surface area contributed by atoms with Crippen molar-refractivity contribution in [2.75, 3.05) is 0 Å². The van der Waals surface area contributed by atoms with Gasteiger partial charge in [0.05, 0.1) is 10.5 Å². The number of para-hydroxylation sites is 1. The molecule has 0 fully saturated rings. The van der Waals surface area contributed by atoms with Gasteiger partial charge in [-0.1, -0.05) is 72.0 Å². The van der Waals surface area contributed by atoms with Crippen LogP contribution in [0.2, 0.25) is 0 Å². The Bertz CT molecular complexity index is 2080. The molecule has 7 heteroatoms. The molecule has 3 heterocycles. The molecule has 5 nitrogen and oxygen atoms in total. The average Bonchev–Trinajstić information content (AvgIpc) is 3.71. The smallest absolute Gasteiger partial charge is 0.197 e. The van der Waals surface area contributed by atoms with E-state index in [1.807, 2.05) is 83.4 Å². The van der Waals surface area contributed by atoms with Crippen molar-refractivity contribution >= 4 is 71.7 Å². The number of rotatable bonds is 3. The lowest BCUT2D eigenvalue weighted by Crippen LogP contribution is -2.04. The van der Waals surface area contributed by atoms with Crippen LogP contribution in [0.5, 0.6) is 0 Å². The van der Waals surface area contributed by atoms with Gasteiger partial charge in [-0.3, -0.25) is 14.2 Å².